The molecule has 0 aromatic heterocycles. The van der Waals surface area contributed by atoms with Crippen molar-refractivity contribution in [2.45, 2.75) is 135 Å². The number of carboxylic acids is 2. The van der Waals surface area contributed by atoms with Gasteiger partial charge in [0.1, 0.15) is 6.04 Å². The number of nitrogens with two attached hydrogens (primary N) is 1. The minimum atomic E-state index is -1.44. The Hall–Kier alpha value is -0.120. The molecule has 0 saturated heterocycles. The molecule has 2 amide bonds. The molecule has 0 fully saturated rings. The number of rotatable bonds is 24. The fourth-order valence-corrected chi connectivity index (χ4v) is 4.15. The van der Waals surface area contributed by atoms with Gasteiger partial charge in [0.15, 0.2) is 0 Å². The van der Waals surface area contributed by atoms with Crippen LogP contribution in [-0.2, 0) is 19.2 Å². The van der Waals surface area contributed by atoms with Crippen LogP contribution in [0.3, 0.4) is 0 Å². The number of carboxylic acid groups (broad SMARTS) is 2. The molecule has 0 aliphatic rings. The second-order valence-electron chi connectivity index (χ2n) is 9.31. The molecule has 0 radical (unpaired) electrons. The Morgan fingerprint density at radius 2 is 1.08 bits per heavy atom. The number of hydrogen-bond donors (Lipinski definition) is 3. The molecule has 0 aliphatic carbocycles. The molecule has 0 aromatic carbocycles. The van der Waals surface area contributed by atoms with E-state index in [4.69, 9.17) is 10.8 Å². The van der Waals surface area contributed by atoms with Crippen LogP contribution in [-0.4, -0.2) is 51.5 Å². The summed E-state index contributed by atoms with van der Waals surface area (Å²) in [5, 5.41) is 18.4. The summed E-state index contributed by atoms with van der Waals surface area (Å²) < 4.78 is 0. The molecule has 0 aromatic rings. The minimum absolute atomic E-state index is 0. The predicted octanol–water partition coefficient (Wildman–Crippen LogP) is -0.497. The molecular weight excluding hydrogens is 482 g/mol. The Bertz CT molecular complexity index is 604. The average Bonchev–Trinajstić information content (AvgIpc) is 2.78. The first kappa shape index (κ1) is 40.4. The zero-order valence-corrected chi connectivity index (χ0v) is 27.3. The van der Waals surface area contributed by atoms with Gasteiger partial charge in [0.25, 0.3) is 0 Å². The second-order valence-corrected chi connectivity index (χ2v) is 9.31. The quantitative estimate of drug-likeness (QED) is 0.113. The van der Waals surface area contributed by atoms with E-state index >= 15 is 0 Å². The van der Waals surface area contributed by atoms with Crippen molar-refractivity contribution in [1.29, 1.82) is 0 Å². The van der Waals surface area contributed by atoms with Crippen LogP contribution in [0.15, 0.2) is 0 Å². The molecule has 36 heavy (non-hydrogen) atoms. The van der Waals surface area contributed by atoms with Crippen molar-refractivity contribution in [1.82, 2.24) is 4.90 Å². The van der Waals surface area contributed by atoms with Crippen LogP contribution in [0.1, 0.15) is 132 Å². The molecule has 0 saturated carbocycles. The van der Waals surface area contributed by atoms with Crippen LogP contribution < -0.4 is 64.8 Å². The van der Waals surface area contributed by atoms with Gasteiger partial charge in [0.05, 0.1) is 6.42 Å². The van der Waals surface area contributed by atoms with E-state index in [0.717, 1.165) is 24.2 Å². The fraction of sp³-hybridized carbons (Fsp3) is 0.846. The van der Waals surface area contributed by atoms with Gasteiger partial charge in [0.2, 0.25) is 11.8 Å². The van der Waals surface area contributed by atoms with Gasteiger partial charge >= 0.3 is 71.1 Å². The molecule has 8 nitrogen and oxygen atoms in total. The van der Waals surface area contributed by atoms with Gasteiger partial charge in [-0.3, -0.25) is 14.4 Å². The SMILES string of the molecule is CCCCCCCCCCCCCCCCCCN(C(=O)CCC(N)=O)C(CC(=O)O)C(=O)O.[H-].[H-].[Na+].[Na+]. The van der Waals surface area contributed by atoms with Gasteiger partial charge < -0.3 is 23.7 Å². The molecule has 1 unspecified atom stereocenters. The molecule has 10 heteroatoms. The van der Waals surface area contributed by atoms with E-state index in [1.807, 2.05) is 0 Å². The Morgan fingerprint density at radius 3 is 1.42 bits per heavy atom. The third-order valence-electron chi connectivity index (χ3n) is 6.19. The summed E-state index contributed by atoms with van der Waals surface area (Å²) >= 11 is 0. The van der Waals surface area contributed by atoms with Gasteiger partial charge in [0, 0.05) is 19.4 Å². The van der Waals surface area contributed by atoms with Gasteiger partial charge in [-0.25, -0.2) is 4.79 Å². The van der Waals surface area contributed by atoms with Crippen molar-refractivity contribution < 1.29 is 91.4 Å². The molecule has 0 heterocycles. The molecular formula is C26H50N2Na2O6. The number of amides is 2. The number of aliphatic carboxylic acids is 2. The Kier molecular flexibility index (Phi) is 31.3. The predicted molar refractivity (Wildman–Crippen MR) is 136 cm³/mol. The number of carbonyl (C=O) groups is 4. The van der Waals surface area contributed by atoms with Crippen molar-refractivity contribution in [2.24, 2.45) is 5.73 Å². The van der Waals surface area contributed by atoms with Crippen molar-refractivity contribution >= 4 is 23.8 Å². The summed E-state index contributed by atoms with van der Waals surface area (Å²) in [7, 11) is 0. The molecule has 0 rings (SSSR count). The smallest absolute Gasteiger partial charge is 1.00 e. The van der Waals surface area contributed by atoms with Crippen LogP contribution in [0.5, 0.6) is 0 Å². The van der Waals surface area contributed by atoms with Crippen LogP contribution in [0.4, 0.5) is 0 Å². The average molecular weight is 533 g/mol. The standard InChI is InChI=1S/C26H48N2O6.2Na.2H/c1-2-3-4-5-6-7-8-9-10-11-12-13-14-15-16-17-20-28(24(30)19-18-23(27)29)22(26(33)34)21-25(31)32;;;;/h22H,2-21H2,1H3,(H2,27,29)(H,31,32)(H,33,34);;;;/q;2*+1;2*-1. The first-order chi connectivity index (χ1) is 16.3. The summed E-state index contributed by atoms with van der Waals surface area (Å²) in [5.41, 5.74) is 5.08. The Morgan fingerprint density at radius 1 is 0.694 bits per heavy atom. The molecule has 0 spiro atoms. The molecule has 202 valence electrons. The van der Waals surface area contributed by atoms with Crippen molar-refractivity contribution in [2.75, 3.05) is 6.54 Å². The third-order valence-corrected chi connectivity index (χ3v) is 6.19. The number of nitrogens with zero attached hydrogens (tertiary/aromatic N) is 1. The largest absolute Gasteiger partial charge is 1.00 e. The van der Waals surface area contributed by atoms with Crippen molar-refractivity contribution in [3.05, 3.63) is 0 Å². The maximum Gasteiger partial charge on any atom is 1.00 e. The summed E-state index contributed by atoms with van der Waals surface area (Å²) in [6, 6.07) is -1.44. The monoisotopic (exact) mass is 532 g/mol. The summed E-state index contributed by atoms with van der Waals surface area (Å²) in [6.45, 7) is 2.41. The zero-order chi connectivity index (χ0) is 25.6. The summed E-state index contributed by atoms with van der Waals surface area (Å²) in [4.78, 5) is 47.1. The van der Waals surface area contributed by atoms with Gasteiger partial charge in [-0.15, -0.1) is 0 Å². The number of unbranched alkanes of at least 4 members (excludes halogenated alkanes) is 15. The van der Waals surface area contributed by atoms with Crippen molar-refractivity contribution in [3.63, 3.8) is 0 Å². The number of primary amides is 1. The summed E-state index contributed by atoms with van der Waals surface area (Å²) in [6.07, 6.45) is 18.3. The summed E-state index contributed by atoms with van der Waals surface area (Å²) in [5.74, 6) is -3.84. The van der Waals surface area contributed by atoms with Crippen LogP contribution in [0, 0.1) is 0 Å². The zero-order valence-electron chi connectivity index (χ0n) is 25.3. The van der Waals surface area contributed by atoms with E-state index in [2.05, 4.69) is 6.92 Å². The Labute approximate surface area is 265 Å². The van der Waals surface area contributed by atoms with Gasteiger partial charge in [-0.05, 0) is 6.42 Å². The van der Waals surface area contributed by atoms with Crippen LogP contribution in [0.2, 0.25) is 0 Å². The third kappa shape index (κ3) is 24.2. The van der Waals surface area contributed by atoms with E-state index in [9.17, 15) is 24.3 Å². The first-order valence-corrected chi connectivity index (χ1v) is 13.3. The van der Waals surface area contributed by atoms with Gasteiger partial charge in [-0.2, -0.15) is 0 Å². The van der Waals surface area contributed by atoms with E-state index in [-0.39, 0.29) is 81.4 Å². The maximum atomic E-state index is 12.4. The second kappa shape index (κ2) is 27.9. The van der Waals surface area contributed by atoms with Crippen molar-refractivity contribution in [3.8, 4) is 0 Å². The van der Waals surface area contributed by atoms with E-state index in [1.165, 1.54) is 77.0 Å². The number of hydrogen-bond acceptors (Lipinski definition) is 4. The van der Waals surface area contributed by atoms with Gasteiger partial charge in [-0.1, -0.05) is 103 Å². The topological polar surface area (TPSA) is 138 Å². The normalized spacial score (nSPS) is 11.1. The molecule has 0 aliphatic heterocycles. The van der Waals surface area contributed by atoms with E-state index < -0.39 is 36.2 Å². The first-order valence-electron chi connectivity index (χ1n) is 13.3. The minimum Gasteiger partial charge on any atom is -1.00 e. The maximum absolute atomic E-state index is 12.4. The number of carbonyl (C=O) groups excluding carboxylic acids is 2. The molecule has 0 bridgehead atoms. The molecule has 1 atom stereocenters. The van der Waals surface area contributed by atoms with Crippen LogP contribution >= 0.6 is 0 Å². The fourth-order valence-electron chi connectivity index (χ4n) is 4.15. The molecule has 4 N–H and O–H groups in total. The van der Waals surface area contributed by atoms with E-state index in [1.54, 1.807) is 0 Å². The van der Waals surface area contributed by atoms with Crippen LogP contribution in [0.25, 0.3) is 0 Å². The van der Waals surface area contributed by atoms with E-state index in [0.29, 0.717) is 6.42 Å². The Balaban J connectivity index is -0.000000907.